The minimum atomic E-state index is -0.995. The highest BCUT2D eigenvalue weighted by atomic mass is 16.3. The molecule has 0 bridgehead atoms. The highest BCUT2D eigenvalue weighted by Gasteiger charge is 2.35. The Bertz CT molecular complexity index is 581. The number of likely N-dealkylation sites (N-methyl/N-ethyl adjacent to an activating group) is 1. The fourth-order valence-electron chi connectivity index (χ4n) is 2.81. The van der Waals surface area contributed by atoms with Gasteiger partial charge in [0.25, 0.3) is 0 Å². The van der Waals surface area contributed by atoms with Crippen LogP contribution in [0.5, 0.6) is 0 Å². The van der Waals surface area contributed by atoms with Gasteiger partial charge in [-0.25, -0.2) is 0 Å². The van der Waals surface area contributed by atoms with E-state index in [0.717, 1.165) is 22.3 Å². The first-order valence-electron chi connectivity index (χ1n) is 6.50. The van der Waals surface area contributed by atoms with Gasteiger partial charge in [-0.15, -0.1) is 0 Å². The quantitative estimate of drug-likeness (QED) is 0.860. The first-order chi connectivity index (χ1) is 9.25. The number of hydrogen-bond donors (Lipinski definition) is 2. The summed E-state index contributed by atoms with van der Waals surface area (Å²) in [5.74, 6) is 0. The fraction of sp³-hybridized carbons (Fsp3) is 0.176. The molecule has 2 N–H and O–H groups in total. The van der Waals surface area contributed by atoms with Gasteiger partial charge in [-0.2, -0.15) is 0 Å². The van der Waals surface area contributed by atoms with Crippen molar-refractivity contribution in [1.82, 2.24) is 5.32 Å². The van der Waals surface area contributed by atoms with Gasteiger partial charge in [-0.1, -0.05) is 60.7 Å². The minimum Gasteiger partial charge on any atom is -0.379 e. The lowest BCUT2D eigenvalue weighted by Gasteiger charge is -2.30. The van der Waals surface area contributed by atoms with Crippen molar-refractivity contribution in [3.8, 4) is 0 Å². The molecule has 0 spiro atoms. The van der Waals surface area contributed by atoms with Crippen LogP contribution in [0.25, 0.3) is 12.2 Å². The summed E-state index contributed by atoms with van der Waals surface area (Å²) < 4.78 is 0. The van der Waals surface area contributed by atoms with E-state index in [1.54, 1.807) is 0 Å². The van der Waals surface area contributed by atoms with Gasteiger partial charge >= 0.3 is 0 Å². The first-order valence-corrected chi connectivity index (χ1v) is 6.50. The van der Waals surface area contributed by atoms with Gasteiger partial charge in [-0.05, 0) is 29.3 Å². The van der Waals surface area contributed by atoms with Gasteiger partial charge in [0.1, 0.15) is 5.60 Å². The van der Waals surface area contributed by atoms with E-state index >= 15 is 0 Å². The van der Waals surface area contributed by atoms with Crippen molar-refractivity contribution in [3.63, 3.8) is 0 Å². The molecule has 0 heterocycles. The van der Waals surface area contributed by atoms with E-state index < -0.39 is 5.60 Å². The smallest absolute Gasteiger partial charge is 0.128 e. The van der Waals surface area contributed by atoms with E-state index in [2.05, 4.69) is 17.5 Å². The number of nitrogens with one attached hydrogen (secondary N) is 1. The third-order valence-corrected chi connectivity index (χ3v) is 3.69. The van der Waals surface area contributed by atoms with Crippen LogP contribution in [0.2, 0.25) is 0 Å². The molecule has 1 aliphatic carbocycles. The molecule has 0 atom stereocenters. The van der Waals surface area contributed by atoms with E-state index in [1.807, 2.05) is 55.6 Å². The van der Waals surface area contributed by atoms with E-state index in [-0.39, 0.29) is 0 Å². The molecule has 3 rings (SSSR count). The molecule has 0 saturated heterocycles. The summed E-state index contributed by atoms with van der Waals surface area (Å²) in [6.07, 6.45) is 4.14. The van der Waals surface area contributed by atoms with Crippen LogP contribution < -0.4 is 5.32 Å². The molecule has 0 saturated carbocycles. The van der Waals surface area contributed by atoms with Gasteiger partial charge in [0, 0.05) is 6.54 Å². The normalized spacial score (nSPS) is 15.5. The maximum Gasteiger partial charge on any atom is 0.128 e. The summed E-state index contributed by atoms with van der Waals surface area (Å²) in [7, 11) is 1.86. The Morgan fingerprint density at radius 3 is 1.84 bits per heavy atom. The van der Waals surface area contributed by atoms with Gasteiger partial charge in [0.05, 0.1) is 0 Å². The molecule has 0 amide bonds. The molecule has 19 heavy (non-hydrogen) atoms. The van der Waals surface area contributed by atoms with Crippen LogP contribution in [-0.2, 0) is 5.60 Å². The summed E-state index contributed by atoms with van der Waals surface area (Å²) in [5, 5.41) is 14.4. The largest absolute Gasteiger partial charge is 0.379 e. The zero-order chi connectivity index (χ0) is 13.3. The Labute approximate surface area is 113 Å². The van der Waals surface area contributed by atoms with Crippen LogP contribution in [0.4, 0.5) is 0 Å². The second-order valence-electron chi connectivity index (χ2n) is 4.90. The summed E-state index contributed by atoms with van der Waals surface area (Å²) in [4.78, 5) is 0. The molecule has 0 unspecified atom stereocenters. The molecule has 2 heteroatoms. The molecular formula is C17H17NO. The van der Waals surface area contributed by atoms with Crippen molar-refractivity contribution in [2.75, 3.05) is 13.6 Å². The molecule has 0 radical (unpaired) electrons. The molecule has 96 valence electrons. The van der Waals surface area contributed by atoms with Crippen LogP contribution in [0, 0.1) is 0 Å². The zero-order valence-electron chi connectivity index (χ0n) is 10.9. The average Bonchev–Trinajstić information content (AvgIpc) is 2.57. The third-order valence-electron chi connectivity index (χ3n) is 3.69. The lowest BCUT2D eigenvalue weighted by Crippen LogP contribution is -2.38. The Morgan fingerprint density at radius 2 is 1.37 bits per heavy atom. The van der Waals surface area contributed by atoms with Gasteiger partial charge in [0.15, 0.2) is 0 Å². The Kier molecular flexibility index (Phi) is 2.97. The molecule has 2 nitrogen and oxygen atoms in total. The minimum absolute atomic E-state index is 0.489. The summed E-state index contributed by atoms with van der Waals surface area (Å²) >= 11 is 0. The lowest BCUT2D eigenvalue weighted by atomic mass is 9.83. The Hall–Kier alpha value is -1.90. The third kappa shape index (κ3) is 1.89. The second-order valence-corrected chi connectivity index (χ2v) is 4.90. The fourth-order valence-corrected chi connectivity index (χ4v) is 2.81. The van der Waals surface area contributed by atoms with E-state index in [0.29, 0.717) is 6.54 Å². The molecule has 2 aromatic carbocycles. The van der Waals surface area contributed by atoms with Gasteiger partial charge < -0.3 is 10.4 Å². The lowest BCUT2D eigenvalue weighted by molar-refractivity contribution is 0.0821. The van der Waals surface area contributed by atoms with Crippen LogP contribution >= 0.6 is 0 Å². The summed E-state index contributed by atoms with van der Waals surface area (Å²) in [5.41, 5.74) is 3.04. The average molecular weight is 251 g/mol. The van der Waals surface area contributed by atoms with Crippen LogP contribution in [0.15, 0.2) is 48.5 Å². The Balaban J connectivity index is 2.30. The van der Waals surface area contributed by atoms with E-state index in [1.165, 1.54) is 0 Å². The van der Waals surface area contributed by atoms with Crippen molar-refractivity contribution in [1.29, 1.82) is 0 Å². The number of fused-ring (bicyclic) bond motifs is 2. The molecule has 2 aromatic rings. The highest BCUT2D eigenvalue weighted by Crippen LogP contribution is 2.37. The van der Waals surface area contributed by atoms with Crippen molar-refractivity contribution in [2.45, 2.75) is 5.60 Å². The van der Waals surface area contributed by atoms with Crippen molar-refractivity contribution in [2.24, 2.45) is 0 Å². The van der Waals surface area contributed by atoms with Gasteiger partial charge in [0.2, 0.25) is 0 Å². The molecule has 0 fully saturated rings. The van der Waals surface area contributed by atoms with Crippen molar-refractivity contribution in [3.05, 3.63) is 70.8 Å². The highest BCUT2D eigenvalue weighted by molar-refractivity contribution is 5.77. The molecular weight excluding hydrogens is 234 g/mol. The molecule has 1 aliphatic rings. The number of rotatable bonds is 2. The Morgan fingerprint density at radius 1 is 0.895 bits per heavy atom. The van der Waals surface area contributed by atoms with Crippen molar-refractivity contribution >= 4 is 12.2 Å². The van der Waals surface area contributed by atoms with E-state index in [4.69, 9.17) is 0 Å². The number of hydrogen-bond acceptors (Lipinski definition) is 2. The van der Waals surface area contributed by atoms with Crippen molar-refractivity contribution < 1.29 is 5.11 Å². The summed E-state index contributed by atoms with van der Waals surface area (Å²) in [6.45, 7) is 0.489. The molecule has 0 aromatic heterocycles. The van der Waals surface area contributed by atoms with Crippen LogP contribution in [-0.4, -0.2) is 18.7 Å². The number of aliphatic hydroxyl groups is 1. The summed E-state index contributed by atoms with van der Waals surface area (Å²) in [6, 6.07) is 16.0. The standard InChI is InChI=1S/C17H17NO/c1-18-12-17(19)15-8-4-2-6-13(15)10-11-14-7-3-5-9-16(14)17/h2-11,18-19H,12H2,1H3. The molecule has 0 aliphatic heterocycles. The predicted octanol–water partition coefficient (Wildman–Crippen LogP) is 2.63. The topological polar surface area (TPSA) is 32.3 Å². The maximum absolute atomic E-state index is 11.3. The first kappa shape index (κ1) is 12.2. The van der Waals surface area contributed by atoms with Gasteiger partial charge in [-0.3, -0.25) is 0 Å². The van der Waals surface area contributed by atoms with Crippen LogP contribution in [0.3, 0.4) is 0 Å². The SMILES string of the molecule is CNCC1(O)c2ccccc2C=Cc2ccccc21. The zero-order valence-corrected chi connectivity index (χ0v) is 10.9. The second kappa shape index (κ2) is 4.65. The maximum atomic E-state index is 11.3. The van der Waals surface area contributed by atoms with E-state index in [9.17, 15) is 5.11 Å². The monoisotopic (exact) mass is 251 g/mol. The predicted molar refractivity (Wildman–Crippen MR) is 78.7 cm³/mol. The van der Waals surface area contributed by atoms with Crippen LogP contribution in [0.1, 0.15) is 22.3 Å². The number of benzene rings is 2.